The highest BCUT2D eigenvalue weighted by Gasteiger charge is 2.22. The Kier molecular flexibility index (Phi) is 36.7. The van der Waals surface area contributed by atoms with E-state index in [2.05, 4.69) is 387 Å². The molecule has 1 aliphatic rings. The first-order valence-electron chi connectivity index (χ1n) is 41.0. The number of rotatable bonds is 35. The maximum absolute atomic E-state index is 9.91. The summed E-state index contributed by atoms with van der Waals surface area (Å²) in [5, 5.41) is 0. The van der Waals surface area contributed by atoms with Gasteiger partial charge in [0.1, 0.15) is 13.1 Å². The van der Waals surface area contributed by atoms with Crippen LogP contribution in [0.3, 0.4) is 0 Å². The van der Waals surface area contributed by atoms with E-state index >= 15 is 0 Å². The number of hydrogen-bond donors (Lipinski definition) is 2. The molecule has 106 heavy (non-hydrogen) atoms. The molecule has 0 radical (unpaired) electrons. The van der Waals surface area contributed by atoms with Crippen LogP contribution < -0.4 is 50.7 Å². The summed E-state index contributed by atoms with van der Waals surface area (Å²) in [5.74, 6) is -0.784. The fourth-order valence-corrected chi connectivity index (χ4v) is 14.5. The predicted octanol–water partition coefficient (Wildman–Crippen LogP) is 20.5. The second kappa shape index (κ2) is 46.1. The topological polar surface area (TPSA) is 81.0 Å². The molecule has 0 aliphatic heterocycles. The van der Waals surface area contributed by atoms with E-state index < -0.39 is 5.89 Å². The van der Waals surface area contributed by atoms with E-state index in [4.69, 9.17) is 11.5 Å². The number of benzene rings is 8. The molecule has 1 aliphatic carbocycles. The van der Waals surface area contributed by atoms with Crippen molar-refractivity contribution < 1.29 is 5.95 Å². The molecule has 8 aromatic carbocycles. The van der Waals surface area contributed by atoms with Gasteiger partial charge in [-0.1, -0.05) is 97.1 Å². The average Bonchev–Trinajstić information content (AvgIpc) is 0.778. The quantitative estimate of drug-likeness (QED) is 0.0296. The Morgan fingerprint density at radius 1 is 0.264 bits per heavy atom. The predicted molar refractivity (Wildman–Crippen MR) is 471 cm³/mol. The van der Waals surface area contributed by atoms with Gasteiger partial charge in [0.25, 0.3) is 0 Å². The van der Waals surface area contributed by atoms with Crippen LogP contribution in [0.5, 0.6) is 0 Å². The van der Waals surface area contributed by atoms with Crippen LogP contribution >= 0.6 is 0 Å². The molecule has 0 fully saturated rings. The molecule has 0 atom stereocenters. The van der Waals surface area contributed by atoms with Gasteiger partial charge < -0.3 is 50.7 Å². The highest BCUT2D eigenvalue weighted by molar-refractivity contribution is 6.04. The van der Waals surface area contributed by atoms with E-state index in [0.717, 1.165) is 134 Å². The zero-order chi connectivity index (χ0) is 77.8. The van der Waals surface area contributed by atoms with Gasteiger partial charge in [0.05, 0.1) is 0 Å². The standard InChI is InChI=1S/2C31H43N3.C31H42N3.C2H8N2/c3*1-7-32(8-2)28-19-13-25(14-20-28)31(26-15-21-29(22-16-26)33(9-3)10-4)27-17-23-30(24-18-27)34(11-5)12-6;3-1-2-4/h2*13-24,31H,7-12H2,1-6H3;13-24H,7-12H2,1-6H3;1-4H2/q;;+1;/i31D;;;. The van der Waals surface area contributed by atoms with Gasteiger partial charge in [0.2, 0.25) is 0 Å². The Labute approximate surface area is 645 Å². The third-order valence-electron chi connectivity index (χ3n) is 20.9. The minimum atomic E-state index is -0.995. The lowest BCUT2D eigenvalue weighted by molar-refractivity contribution is -0.519. The fourth-order valence-electron chi connectivity index (χ4n) is 14.5. The zero-order valence-corrected chi connectivity index (χ0v) is 68.7. The Hall–Kier alpha value is -9.03. The van der Waals surface area contributed by atoms with Crippen LogP contribution in [0.4, 0.5) is 45.5 Å². The van der Waals surface area contributed by atoms with Crippen molar-refractivity contribution in [3.63, 3.8) is 0 Å². The molecule has 0 heterocycles. The molecule has 0 bridgehead atoms. The molecule has 0 amide bonds. The van der Waals surface area contributed by atoms with E-state index in [-0.39, 0.29) is 5.92 Å². The average molecular weight is 1430 g/mol. The lowest BCUT2D eigenvalue weighted by atomic mass is 9.85. The van der Waals surface area contributed by atoms with Crippen LogP contribution in [-0.2, 0) is 0 Å². The maximum atomic E-state index is 9.91. The molecule has 0 saturated heterocycles. The normalized spacial score (nSPS) is 11.7. The van der Waals surface area contributed by atoms with Gasteiger partial charge in [0, 0.05) is 189 Å². The third-order valence-corrected chi connectivity index (χ3v) is 20.9. The van der Waals surface area contributed by atoms with E-state index in [1.54, 1.807) is 0 Å². The van der Waals surface area contributed by atoms with Crippen molar-refractivity contribution in [2.24, 2.45) is 11.5 Å². The molecular weight excluding hydrogens is 1300 g/mol. The summed E-state index contributed by atoms with van der Waals surface area (Å²) in [7, 11) is 0. The van der Waals surface area contributed by atoms with Crippen molar-refractivity contribution in [3.8, 4) is 0 Å². The Morgan fingerprint density at radius 3 is 0.613 bits per heavy atom. The van der Waals surface area contributed by atoms with Gasteiger partial charge in [-0.15, -0.1) is 0 Å². The summed E-state index contributed by atoms with van der Waals surface area (Å²) in [6, 6.07) is 71.5. The van der Waals surface area contributed by atoms with Gasteiger partial charge in [-0.05, 0) is 289 Å². The van der Waals surface area contributed by atoms with Crippen LogP contribution in [-0.4, -0.2) is 141 Å². The molecule has 8 aromatic rings. The van der Waals surface area contributed by atoms with E-state index in [0.29, 0.717) is 13.1 Å². The Balaban J connectivity index is 0.000000245. The lowest BCUT2D eigenvalue weighted by Gasteiger charge is -2.25. The second-order valence-electron chi connectivity index (χ2n) is 26.4. The molecule has 11 heteroatoms. The molecule has 0 aromatic heterocycles. The number of nitrogens with two attached hydrogens (primary N) is 2. The van der Waals surface area contributed by atoms with Gasteiger partial charge in [-0.3, -0.25) is 0 Å². The van der Waals surface area contributed by atoms with Crippen molar-refractivity contribution in [2.45, 2.75) is 136 Å². The monoisotopic (exact) mass is 1430 g/mol. The summed E-state index contributed by atoms with van der Waals surface area (Å²) in [6.07, 6.45) is 9.08. The van der Waals surface area contributed by atoms with Crippen molar-refractivity contribution >= 4 is 56.8 Å². The van der Waals surface area contributed by atoms with Crippen LogP contribution in [0.15, 0.2) is 224 Å². The molecule has 570 valence electrons. The minimum absolute atomic E-state index is 0.210. The number of nitrogens with zero attached hydrogens (tertiary/aromatic N) is 9. The largest absolute Gasteiger partial charge is 0.372 e. The molecule has 0 unspecified atom stereocenters. The number of hydrogen-bond acceptors (Lipinski definition) is 10. The Bertz CT molecular complexity index is 3540. The van der Waals surface area contributed by atoms with Crippen molar-refractivity contribution in [2.75, 3.05) is 170 Å². The van der Waals surface area contributed by atoms with Crippen molar-refractivity contribution in [1.29, 1.82) is 0 Å². The fraction of sp³-hybridized carbons (Fsp3) is 0.421. The van der Waals surface area contributed by atoms with E-state index in [9.17, 15) is 1.37 Å². The smallest absolute Gasteiger partial charge is 0.199 e. The summed E-state index contributed by atoms with van der Waals surface area (Å²) < 4.78 is 12.3. The van der Waals surface area contributed by atoms with Crippen LogP contribution in [0.2, 0.25) is 0 Å². The molecule has 4 N–H and O–H groups in total. The highest BCUT2D eigenvalue weighted by atomic mass is 15.1. The highest BCUT2D eigenvalue weighted by Crippen LogP contribution is 2.38. The third kappa shape index (κ3) is 23.2. The minimum Gasteiger partial charge on any atom is -0.372 e. The molecular formula is C95H136N11+. The van der Waals surface area contributed by atoms with Crippen molar-refractivity contribution in [3.05, 3.63) is 269 Å². The second-order valence-corrected chi connectivity index (χ2v) is 26.4. The summed E-state index contributed by atoms with van der Waals surface area (Å²) >= 11 is 0. The van der Waals surface area contributed by atoms with Gasteiger partial charge in [-0.2, -0.15) is 0 Å². The molecule has 0 saturated carbocycles. The van der Waals surface area contributed by atoms with Gasteiger partial charge in [-0.25, -0.2) is 4.58 Å². The van der Waals surface area contributed by atoms with Gasteiger partial charge in [0.15, 0.2) is 5.71 Å². The first-order chi connectivity index (χ1) is 52.1. The van der Waals surface area contributed by atoms with Crippen LogP contribution in [0.1, 0.15) is 182 Å². The summed E-state index contributed by atoms with van der Waals surface area (Å²) in [6.45, 7) is 59.0. The van der Waals surface area contributed by atoms with Crippen LogP contribution in [0, 0.1) is 0 Å². The summed E-state index contributed by atoms with van der Waals surface area (Å²) in [4.78, 5) is 19.0. The van der Waals surface area contributed by atoms with E-state index in [1.165, 1.54) is 90.2 Å². The number of allylic oxidation sites excluding steroid dienone is 5. The van der Waals surface area contributed by atoms with Gasteiger partial charge >= 0.3 is 0 Å². The lowest BCUT2D eigenvalue weighted by Crippen LogP contribution is -2.22. The maximum Gasteiger partial charge on any atom is 0.199 e. The first-order valence-corrected chi connectivity index (χ1v) is 40.5. The molecule has 9 rings (SSSR count). The summed E-state index contributed by atoms with van der Waals surface area (Å²) in [5.41, 5.74) is 33.1. The number of anilines is 8. The zero-order valence-electron chi connectivity index (χ0n) is 69.7. The Morgan fingerprint density at radius 2 is 0.443 bits per heavy atom. The molecule has 11 nitrogen and oxygen atoms in total. The SMILES string of the molecule is CCN(CC)c1ccc(C(=C2C=CC(=[N+](CC)CC)C=C2)c2ccc(N(CC)CC)cc2)cc1.CCN(CC)c1ccc(C(c2ccc(N(CC)CC)cc2)c2ccc(N(CC)CC)cc2)cc1.NCCN.[2H]C(c1ccc(N(CC)CC)cc1)(c1ccc(N(CC)CC)cc1)c1ccc(N(CC)CC)cc1. The molecule has 0 spiro atoms. The van der Waals surface area contributed by atoms with Crippen molar-refractivity contribution in [1.82, 2.24) is 0 Å². The van der Waals surface area contributed by atoms with Crippen LogP contribution in [0.25, 0.3) is 5.57 Å². The first kappa shape index (κ1) is 84.2. The van der Waals surface area contributed by atoms with E-state index in [1.807, 2.05) is 0 Å².